The zero-order valence-electron chi connectivity index (χ0n) is 21.8. The van der Waals surface area contributed by atoms with Crippen molar-refractivity contribution in [3.05, 3.63) is 52.1 Å². The number of hydrogen-bond donors (Lipinski definition) is 0. The quantitative estimate of drug-likeness (QED) is 0.278. The predicted molar refractivity (Wildman–Crippen MR) is 129 cm³/mol. The first kappa shape index (κ1) is 37.1. The Morgan fingerprint density at radius 3 is 1.50 bits per heavy atom. The monoisotopic (exact) mass is 548 g/mol. The minimum absolute atomic E-state index is 0. The third-order valence-corrected chi connectivity index (χ3v) is 14.0. The number of allylic oxidation sites excluding steroid dienone is 4. The van der Waals surface area contributed by atoms with E-state index in [1.54, 1.807) is 10.8 Å². The molecule has 1 atom stereocenters. The van der Waals surface area contributed by atoms with Gasteiger partial charge in [0.2, 0.25) is 0 Å². The van der Waals surface area contributed by atoms with Gasteiger partial charge in [0.05, 0.1) is 8.07 Å². The van der Waals surface area contributed by atoms with Gasteiger partial charge in [-0.05, 0) is 35.8 Å². The molecule has 0 nitrogen and oxygen atoms in total. The molecule has 32 heavy (non-hydrogen) atoms. The first-order chi connectivity index (χ1) is 13.0. The summed E-state index contributed by atoms with van der Waals surface area (Å²) < 4.78 is 0. The van der Waals surface area contributed by atoms with Crippen LogP contribution in [-0.4, -0.2) is 8.07 Å². The number of halogens is 3. The average molecular weight is 550 g/mol. The van der Waals surface area contributed by atoms with Crippen molar-refractivity contribution in [3.8, 4) is 0 Å². The Kier molecular flexibility index (Phi) is 17.1. The molecule has 0 saturated carbocycles. The SMILES string of the molecule is CCc1cc(CC)cc([Si](CC(C)C)(CC(C)C)C2(C)[C-]=C(C)C(C)=C2C)c1.[Cl-].[Cl-].[Cl-].[Ti+4]. The molecule has 0 bridgehead atoms. The maximum absolute atomic E-state index is 4.06. The van der Waals surface area contributed by atoms with Crippen molar-refractivity contribution >= 4 is 13.3 Å². The van der Waals surface area contributed by atoms with Crippen LogP contribution in [0.15, 0.2) is 34.9 Å². The van der Waals surface area contributed by atoms with Crippen molar-refractivity contribution in [1.82, 2.24) is 0 Å². The van der Waals surface area contributed by atoms with E-state index in [0.717, 1.165) is 12.8 Å². The van der Waals surface area contributed by atoms with E-state index in [1.165, 1.54) is 34.4 Å². The molecule has 0 aliphatic heterocycles. The summed E-state index contributed by atoms with van der Waals surface area (Å²) in [7, 11) is -1.92. The van der Waals surface area contributed by atoms with E-state index < -0.39 is 8.07 Å². The first-order valence-electron chi connectivity index (χ1n) is 11.4. The summed E-state index contributed by atoms with van der Waals surface area (Å²) in [5.41, 5.74) is 7.47. The van der Waals surface area contributed by atoms with Crippen molar-refractivity contribution in [2.75, 3.05) is 0 Å². The fourth-order valence-corrected chi connectivity index (χ4v) is 12.6. The van der Waals surface area contributed by atoms with E-state index in [2.05, 4.69) is 93.5 Å². The van der Waals surface area contributed by atoms with Crippen LogP contribution in [0.3, 0.4) is 0 Å². The summed E-state index contributed by atoms with van der Waals surface area (Å²) in [6, 6.07) is 10.3. The molecule has 1 unspecified atom stereocenters. The zero-order valence-corrected chi connectivity index (χ0v) is 26.7. The number of hydrogen-bond acceptors (Lipinski definition) is 0. The number of aryl methyl sites for hydroxylation is 2. The Hall–Kier alpha value is 0.501. The molecule has 5 heteroatoms. The molecule has 0 N–H and O–H groups in total. The minimum Gasteiger partial charge on any atom is -1.00 e. The van der Waals surface area contributed by atoms with Crippen LogP contribution in [0.25, 0.3) is 0 Å². The van der Waals surface area contributed by atoms with Gasteiger partial charge >= 0.3 is 21.7 Å². The second kappa shape index (κ2) is 14.8. The minimum atomic E-state index is -1.92. The van der Waals surface area contributed by atoms with Gasteiger partial charge in [-0.3, -0.25) is 6.08 Å². The van der Waals surface area contributed by atoms with Gasteiger partial charge in [0, 0.05) is 0 Å². The summed E-state index contributed by atoms with van der Waals surface area (Å²) >= 11 is 0. The summed E-state index contributed by atoms with van der Waals surface area (Å²) in [5, 5.41) is 1.77. The van der Waals surface area contributed by atoms with Crippen molar-refractivity contribution < 1.29 is 58.9 Å². The van der Waals surface area contributed by atoms with Gasteiger partial charge in [0.1, 0.15) is 0 Å². The molecule has 1 aromatic carbocycles. The van der Waals surface area contributed by atoms with E-state index in [-0.39, 0.29) is 64.0 Å². The van der Waals surface area contributed by atoms with Crippen molar-refractivity contribution in [2.24, 2.45) is 11.8 Å². The molecule has 1 aliphatic rings. The predicted octanol–water partition coefficient (Wildman–Crippen LogP) is -1.35. The Bertz CT molecular complexity index is 751. The molecular weight excluding hydrogens is 507 g/mol. The van der Waals surface area contributed by atoms with Crippen LogP contribution in [0.5, 0.6) is 0 Å². The van der Waals surface area contributed by atoms with E-state index in [9.17, 15) is 0 Å². The first-order valence-corrected chi connectivity index (χ1v) is 13.9. The van der Waals surface area contributed by atoms with Crippen LogP contribution in [0.1, 0.15) is 80.4 Å². The second-order valence-corrected chi connectivity index (χ2v) is 14.7. The molecule has 1 aromatic rings. The van der Waals surface area contributed by atoms with E-state index in [0.29, 0.717) is 11.8 Å². The van der Waals surface area contributed by atoms with Crippen molar-refractivity contribution in [2.45, 2.75) is 99.2 Å². The maximum Gasteiger partial charge on any atom is 4.00 e. The molecule has 0 aromatic heterocycles. The molecule has 180 valence electrons. The molecule has 0 heterocycles. The van der Waals surface area contributed by atoms with E-state index in [1.807, 2.05) is 0 Å². The number of rotatable bonds is 8. The van der Waals surface area contributed by atoms with E-state index in [4.69, 9.17) is 0 Å². The maximum atomic E-state index is 4.06. The van der Waals surface area contributed by atoms with Crippen molar-refractivity contribution in [3.63, 3.8) is 0 Å². The van der Waals surface area contributed by atoms with Crippen LogP contribution in [-0.2, 0) is 34.6 Å². The zero-order chi connectivity index (χ0) is 21.3. The Morgan fingerprint density at radius 2 is 1.22 bits per heavy atom. The van der Waals surface area contributed by atoms with Crippen LogP contribution in [0, 0.1) is 17.9 Å². The standard InChI is InChI=1S/C27H43Si.3ClH.Ti/c1-11-24-13-25(12-2)15-26(14-24)28(17-19(3)4,18-20(5)6)27(10)16-21(7)22(8)23(27)9;;;;/h13-15,19-20H,11-12,17-18H2,1-10H3;3*1H;/q-1;;;;+4/p-3. The smallest absolute Gasteiger partial charge is 1.00 e. The molecule has 0 saturated heterocycles. The fraction of sp³-hybridized carbons (Fsp3) is 0.630. The third kappa shape index (κ3) is 7.25. The molecule has 0 radical (unpaired) electrons. The van der Waals surface area contributed by atoms with Crippen LogP contribution < -0.4 is 42.4 Å². The summed E-state index contributed by atoms with van der Waals surface area (Å²) in [5.74, 6) is 1.40. The molecule has 2 rings (SSSR count). The topological polar surface area (TPSA) is 0 Å². The molecular formula is C27H43Cl3SiTi. The van der Waals surface area contributed by atoms with Gasteiger partial charge in [-0.25, -0.2) is 5.57 Å². The second-order valence-electron chi connectivity index (χ2n) is 10.1. The fourth-order valence-electron chi connectivity index (χ4n) is 5.55. The van der Waals surface area contributed by atoms with Gasteiger partial charge in [0.25, 0.3) is 0 Å². The largest absolute Gasteiger partial charge is 4.00 e. The van der Waals surface area contributed by atoms with Gasteiger partial charge in [-0.1, -0.05) is 103 Å². The van der Waals surface area contributed by atoms with Gasteiger partial charge in [-0.2, -0.15) is 11.1 Å². The third-order valence-electron chi connectivity index (χ3n) is 7.20. The summed E-state index contributed by atoms with van der Waals surface area (Å²) in [6.45, 7) is 23.8. The van der Waals surface area contributed by atoms with Gasteiger partial charge < -0.3 is 37.2 Å². The van der Waals surface area contributed by atoms with Crippen LogP contribution in [0.2, 0.25) is 17.1 Å². The molecule has 0 fully saturated rings. The van der Waals surface area contributed by atoms with Gasteiger partial charge in [-0.15, -0.1) is 6.92 Å². The van der Waals surface area contributed by atoms with Crippen LogP contribution in [0.4, 0.5) is 0 Å². The normalized spacial score (nSPS) is 17.9. The Morgan fingerprint density at radius 1 is 0.812 bits per heavy atom. The summed E-state index contributed by atoms with van der Waals surface area (Å²) in [4.78, 5) is 0. The average Bonchev–Trinajstić information content (AvgIpc) is 2.83. The Labute approximate surface area is 234 Å². The van der Waals surface area contributed by atoms with Crippen LogP contribution >= 0.6 is 0 Å². The van der Waals surface area contributed by atoms with E-state index >= 15 is 0 Å². The number of benzene rings is 1. The van der Waals surface area contributed by atoms with Gasteiger partial charge in [0.15, 0.2) is 0 Å². The molecule has 1 aliphatic carbocycles. The molecule has 0 spiro atoms. The van der Waals surface area contributed by atoms with Crippen molar-refractivity contribution in [1.29, 1.82) is 0 Å². The summed E-state index contributed by atoms with van der Waals surface area (Å²) in [6.07, 6.45) is 6.30. The Balaban J connectivity index is -0.00000210. The molecule has 0 amide bonds.